The van der Waals surface area contributed by atoms with E-state index in [1.807, 2.05) is 0 Å². The molecule has 0 aliphatic rings. The molecule has 0 amide bonds. The van der Waals surface area contributed by atoms with E-state index in [2.05, 4.69) is 26.1 Å². The van der Waals surface area contributed by atoms with Gasteiger partial charge in [-0.25, -0.2) is 0 Å². The lowest BCUT2D eigenvalue weighted by atomic mass is 9.94. The molecule has 0 heterocycles. The maximum atomic E-state index is 4.95. The third kappa shape index (κ3) is 5.56. The summed E-state index contributed by atoms with van der Waals surface area (Å²) in [6, 6.07) is 0. The number of ether oxygens (including phenoxy) is 1. The molecule has 12 heavy (non-hydrogen) atoms. The SMILES string of the molecule is CCC(C)C(C)CNCCOC. The number of rotatable bonds is 7. The van der Waals surface area contributed by atoms with Gasteiger partial charge in [0.05, 0.1) is 6.61 Å². The van der Waals surface area contributed by atoms with Crippen molar-refractivity contribution in [3.63, 3.8) is 0 Å². The molecule has 0 rings (SSSR count). The van der Waals surface area contributed by atoms with E-state index in [1.165, 1.54) is 6.42 Å². The van der Waals surface area contributed by atoms with Gasteiger partial charge < -0.3 is 10.1 Å². The molecule has 0 aliphatic carbocycles. The van der Waals surface area contributed by atoms with Gasteiger partial charge in [0, 0.05) is 13.7 Å². The molecule has 0 fully saturated rings. The zero-order valence-electron chi connectivity index (χ0n) is 8.89. The molecule has 0 aromatic heterocycles. The molecule has 2 nitrogen and oxygen atoms in total. The first-order valence-electron chi connectivity index (χ1n) is 4.92. The Labute approximate surface area is 76.7 Å². The molecule has 0 aromatic carbocycles. The van der Waals surface area contributed by atoms with Crippen molar-refractivity contribution in [3.8, 4) is 0 Å². The summed E-state index contributed by atoms with van der Waals surface area (Å²) in [4.78, 5) is 0. The van der Waals surface area contributed by atoms with Crippen molar-refractivity contribution < 1.29 is 4.74 Å². The summed E-state index contributed by atoms with van der Waals surface area (Å²) < 4.78 is 4.95. The number of hydrogen-bond donors (Lipinski definition) is 1. The second-order valence-corrected chi connectivity index (χ2v) is 3.56. The zero-order valence-corrected chi connectivity index (χ0v) is 8.89. The van der Waals surface area contributed by atoms with Gasteiger partial charge in [0.25, 0.3) is 0 Å². The van der Waals surface area contributed by atoms with E-state index in [4.69, 9.17) is 4.74 Å². The molecular weight excluding hydrogens is 150 g/mol. The Kier molecular flexibility index (Phi) is 7.51. The molecule has 2 unspecified atom stereocenters. The van der Waals surface area contributed by atoms with Crippen LogP contribution < -0.4 is 5.32 Å². The van der Waals surface area contributed by atoms with E-state index in [1.54, 1.807) is 7.11 Å². The maximum Gasteiger partial charge on any atom is 0.0587 e. The second-order valence-electron chi connectivity index (χ2n) is 3.56. The lowest BCUT2D eigenvalue weighted by Gasteiger charge is -2.18. The minimum absolute atomic E-state index is 0.770. The van der Waals surface area contributed by atoms with Gasteiger partial charge in [-0.1, -0.05) is 27.2 Å². The minimum atomic E-state index is 0.770. The van der Waals surface area contributed by atoms with Crippen molar-refractivity contribution in [3.05, 3.63) is 0 Å². The predicted molar refractivity (Wildman–Crippen MR) is 53.4 cm³/mol. The molecule has 0 radical (unpaired) electrons. The molecule has 0 bridgehead atoms. The molecule has 0 saturated heterocycles. The fourth-order valence-electron chi connectivity index (χ4n) is 1.11. The van der Waals surface area contributed by atoms with Crippen LogP contribution >= 0.6 is 0 Å². The van der Waals surface area contributed by atoms with Crippen LogP contribution in [0.1, 0.15) is 27.2 Å². The first-order valence-corrected chi connectivity index (χ1v) is 4.92. The van der Waals surface area contributed by atoms with Gasteiger partial charge in [0.2, 0.25) is 0 Å². The van der Waals surface area contributed by atoms with Crippen LogP contribution in [0.5, 0.6) is 0 Å². The minimum Gasteiger partial charge on any atom is -0.383 e. The third-order valence-electron chi connectivity index (χ3n) is 2.56. The second kappa shape index (κ2) is 7.56. The van der Waals surface area contributed by atoms with Crippen LogP contribution in [0.3, 0.4) is 0 Å². The van der Waals surface area contributed by atoms with E-state index in [0.29, 0.717) is 0 Å². The van der Waals surface area contributed by atoms with Crippen molar-refractivity contribution in [1.82, 2.24) is 5.32 Å². The summed E-state index contributed by atoms with van der Waals surface area (Å²) in [5, 5.41) is 3.38. The quantitative estimate of drug-likeness (QED) is 0.594. The van der Waals surface area contributed by atoms with Gasteiger partial charge >= 0.3 is 0 Å². The maximum absolute atomic E-state index is 4.95. The largest absolute Gasteiger partial charge is 0.383 e. The summed E-state index contributed by atoms with van der Waals surface area (Å²) >= 11 is 0. The highest BCUT2D eigenvalue weighted by Gasteiger charge is 2.08. The van der Waals surface area contributed by atoms with Gasteiger partial charge in [0.1, 0.15) is 0 Å². The van der Waals surface area contributed by atoms with Crippen LogP contribution in [0, 0.1) is 11.8 Å². The number of nitrogens with one attached hydrogen (secondary N) is 1. The summed E-state index contributed by atoms with van der Waals surface area (Å²) in [5.41, 5.74) is 0. The highest BCUT2D eigenvalue weighted by atomic mass is 16.5. The molecule has 0 aliphatic heterocycles. The van der Waals surface area contributed by atoms with Crippen molar-refractivity contribution >= 4 is 0 Å². The van der Waals surface area contributed by atoms with E-state index in [0.717, 1.165) is 31.5 Å². The number of hydrogen-bond acceptors (Lipinski definition) is 2. The van der Waals surface area contributed by atoms with Gasteiger partial charge in [-0.05, 0) is 18.4 Å². The van der Waals surface area contributed by atoms with Crippen LogP contribution in [-0.2, 0) is 4.74 Å². The Morgan fingerprint density at radius 3 is 2.42 bits per heavy atom. The fraction of sp³-hybridized carbons (Fsp3) is 1.00. The molecule has 0 spiro atoms. The van der Waals surface area contributed by atoms with Crippen LogP contribution in [0.15, 0.2) is 0 Å². The Balaban J connectivity index is 3.24. The number of methoxy groups -OCH3 is 1. The summed E-state index contributed by atoms with van der Waals surface area (Å²) in [5.74, 6) is 1.59. The van der Waals surface area contributed by atoms with Crippen molar-refractivity contribution in [1.29, 1.82) is 0 Å². The van der Waals surface area contributed by atoms with Gasteiger partial charge in [-0.3, -0.25) is 0 Å². The van der Waals surface area contributed by atoms with Gasteiger partial charge in [-0.15, -0.1) is 0 Å². The van der Waals surface area contributed by atoms with E-state index in [-0.39, 0.29) is 0 Å². The first kappa shape index (κ1) is 11.9. The van der Waals surface area contributed by atoms with Gasteiger partial charge in [0.15, 0.2) is 0 Å². The molecule has 74 valence electrons. The van der Waals surface area contributed by atoms with Crippen molar-refractivity contribution in [2.75, 3.05) is 26.8 Å². The molecule has 0 aromatic rings. The summed E-state index contributed by atoms with van der Waals surface area (Å²) in [6.45, 7) is 9.75. The Morgan fingerprint density at radius 1 is 1.25 bits per heavy atom. The highest BCUT2D eigenvalue weighted by molar-refractivity contribution is 4.62. The topological polar surface area (TPSA) is 21.3 Å². The van der Waals surface area contributed by atoms with E-state index in [9.17, 15) is 0 Å². The lowest BCUT2D eigenvalue weighted by molar-refractivity contribution is 0.196. The smallest absolute Gasteiger partial charge is 0.0587 e. The van der Waals surface area contributed by atoms with E-state index >= 15 is 0 Å². The first-order chi connectivity index (χ1) is 5.72. The fourth-order valence-corrected chi connectivity index (χ4v) is 1.11. The molecular formula is C10H23NO. The van der Waals surface area contributed by atoms with Gasteiger partial charge in [-0.2, -0.15) is 0 Å². The molecule has 0 saturated carbocycles. The normalized spacial score (nSPS) is 16.0. The summed E-state index contributed by atoms with van der Waals surface area (Å²) in [6.07, 6.45) is 1.27. The summed E-state index contributed by atoms with van der Waals surface area (Å²) in [7, 11) is 1.74. The van der Waals surface area contributed by atoms with Crippen LogP contribution in [0.2, 0.25) is 0 Å². The Morgan fingerprint density at radius 2 is 1.92 bits per heavy atom. The Bertz CT molecular complexity index is 95.8. The Hall–Kier alpha value is -0.0800. The van der Waals surface area contributed by atoms with Crippen molar-refractivity contribution in [2.45, 2.75) is 27.2 Å². The third-order valence-corrected chi connectivity index (χ3v) is 2.56. The molecule has 2 heteroatoms. The van der Waals surface area contributed by atoms with Crippen LogP contribution in [0.4, 0.5) is 0 Å². The molecule has 1 N–H and O–H groups in total. The van der Waals surface area contributed by atoms with Crippen molar-refractivity contribution in [2.24, 2.45) is 11.8 Å². The zero-order chi connectivity index (χ0) is 9.40. The average Bonchev–Trinajstić information content (AvgIpc) is 2.10. The average molecular weight is 173 g/mol. The monoisotopic (exact) mass is 173 g/mol. The lowest BCUT2D eigenvalue weighted by Crippen LogP contribution is -2.27. The van der Waals surface area contributed by atoms with E-state index < -0.39 is 0 Å². The molecule has 2 atom stereocenters. The van der Waals surface area contributed by atoms with Crippen LogP contribution in [0.25, 0.3) is 0 Å². The standard InChI is InChI=1S/C10H23NO/c1-5-9(2)10(3)8-11-6-7-12-4/h9-11H,5-8H2,1-4H3. The highest BCUT2D eigenvalue weighted by Crippen LogP contribution is 2.12. The predicted octanol–water partition coefficient (Wildman–Crippen LogP) is 1.90. The van der Waals surface area contributed by atoms with Crippen LogP contribution in [-0.4, -0.2) is 26.8 Å².